The number of likely N-dealkylation sites (tertiary alicyclic amines) is 1. The van der Waals surface area contributed by atoms with Gasteiger partial charge in [-0.3, -0.25) is 9.00 Å². The number of amides is 1. The molecule has 0 N–H and O–H groups in total. The summed E-state index contributed by atoms with van der Waals surface area (Å²) >= 11 is -1.97. The van der Waals surface area contributed by atoms with Crippen LogP contribution >= 0.6 is 0 Å². The van der Waals surface area contributed by atoms with Gasteiger partial charge in [0.05, 0.1) is 0 Å². The molecule has 70 valence electrons. The number of carbonyl (C=O) groups excluding carboxylic acids is 1. The fraction of sp³-hybridized carbons (Fsp3) is 0.857. The van der Waals surface area contributed by atoms with Crippen molar-refractivity contribution in [3.8, 4) is 0 Å². The first-order valence-electron chi connectivity index (χ1n) is 3.95. The van der Waals surface area contributed by atoms with Crippen LogP contribution in [0.3, 0.4) is 0 Å². The molecule has 1 saturated heterocycles. The van der Waals surface area contributed by atoms with Crippen molar-refractivity contribution in [3.63, 3.8) is 0 Å². The van der Waals surface area contributed by atoms with Gasteiger partial charge in [-0.15, -0.1) is 0 Å². The van der Waals surface area contributed by atoms with Crippen LogP contribution in [0, 0.1) is 0 Å². The van der Waals surface area contributed by atoms with Crippen molar-refractivity contribution >= 4 is 17.0 Å². The molecule has 4 nitrogen and oxygen atoms in total. The van der Waals surface area contributed by atoms with Crippen molar-refractivity contribution in [3.05, 3.63) is 0 Å². The van der Waals surface area contributed by atoms with E-state index in [9.17, 15) is 13.6 Å². The molecule has 1 aliphatic heterocycles. The second kappa shape index (κ2) is 6.14. The first-order chi connectivity index (χ1) is 5.61. The Bertz CT molecular complexity index is 182. The molecule has 6 heteroatoms. The Balaban J connectivity index is 0.00000144. The molecule has 0 aromatic rings. The smallest absolute Gasteiger partial charge is 0.772 e. The van der Waals surface area contributed by atoms with E-state index in [-0.39, 0.29) is 40.7 Å². The predicted molar refractivity (Wildman–Crippen MR) is 44.2 cm³/mol. The molecule has 1 aliphatic rings. The van der Waals surface area contributed by atoms with Crippen molar-refractivity contribution in [1.29, 1.82) is 0 Å². The van der Waals surface area contributed by atoms with Gasteiger partial charge in [-0.2, -0.15) is 0 Å². The van der Waals surface area contributed by atoms with Crippen LogP contribution in [0.4, 0.5) is 0 Å². The third-order valence-electron chi connectivity index (χ3n) is 2.16. The molecule has 1 heterocycles. The van der Waals surface area contributed by atoms with E-state index in [0.29, 0.717) is 25.9 Å². The minimum atomic E-state index is -1.97. The molecular formula is C7H12NNaO3S. The van der Waals surface area contributed by atoms with Gasteiger partial charge in [-0.05, 0) is 12.8 Å². The van der Waals surface area contributed by atoms with E-state index in [2.05, 4.69) is 0 Å². The maximum absolute atomic E-state index is 10.8. The fourth-order valence-electron chi connectivity index (χ4n) is 1.36. The molecule has 0 bridgehead atoms. The number of carbonyl (C=O) groups is 1. The van der Waals surface area contributed by atoms with Gasteiger partial charge in [0, 0.05) is 25.3 Å². The Labute approximate surface area is 103 Å². The molecule has 0 aliphatic carbocycles. The van der Waals surface area contributed by atoms with Crippen LogP contribution in [0.25, 0.3) is 0 Å². The van der Waals surface area contributed by atoms with Gasteiger partial charge >= 0.3 is 29.6 Å². The molecule has 1 unspecified atom stereocenters. The molecule has 1 fully saturated rings. The van der Waals surface area contributed by atoms with E-state index in [1.54, 1.807) is 4.90 Å². The molecule has 0 saturated carbocycles. The van der Waals surface area contributed by atoms with Crippen LogP contribution in [0.2, 0.25) is 0 Å². The maximum atomic E-state index is 10.8. The largest absolute Gasteiger partial charge is 1.00 e. The Morgan fingerprint density at radius 2 is 1.92 bits per heavy atom. The van der Waals surface area contributed by atoms with Crippen molar-refractivity contribution in [2.75, 3.05) is 13.1 Å². The number of hydrogen-bond donors (Lipinski definition) is 0. The quantitative estimate of drug-likeness (QED) is 0.342. The number of hydrogen-bond acceptors (Lipinski definition) is 3. The summed E-state index contributed by atoms with van der Waals surface area (Å²) in [5.74, 6) is 0.0325. The van der Waals surface area contributed by atoms with E-state index >= 15 is 0 Å². The van der Waals surface area contributed by atoms with Gasteiger partial charge < -0.3 is 9.45 Å². The normalized spacial score (nSPS) is 20.6. The number of piperidine rings is 1. The summed E-state index contributed by atoms with van der Waals surface area (Å²) in [7, 11) is 0. The number of rotatable bonds is 1. The summed E-state index contributed by atoms with van der Waals surface area (Å²) in [5, 5.41) is -0.249. The zero-order valence-corrected chi connectivity index (χ0v) is 10.8. The molecule has 13 heavy (non-hydrogen) atoms. The Morgan fingerprint density at radius 1 is 1.46 bits per heavy atom. The zero-order chi connectivity index (χ0) is 9.14. The van der Waals surface area contributed by atoms with Gasteiger partial charge in [0.15, 0.2) is 0 Å². The van der Waals surface area contributed by atoms with Crippen molar-refractivity contribution < 1.29 is 43.1 Å². The summed E-state index contributed by atoms with van der Waals surface area (Å²) in [6.07, 6.45) is 1.16. The molecule has 0 radical (unpaired) electrons. The second-order valence-electron chi connectivity index (χ2n) is 2.97. The molecule has 1 rings (SSSR count). The van der Waals surface area contributed by atoms with Crippen LogP contribution in [0.5, 0.6) is 0 Å². The van der Waals surface area contributed by atoms with Crippen LogP contribution in [-0.4, -0.2) is 37.9 Å². The minimum Gasteiger partial charge on any atom is -0.772 e. The van der Waals surface area contributed by atoms with Gasteiger partial charge in [-0.1, -0.05) is 11.1 Å². The molecular weight excluding hydrogens is 201 g/mol. The predicted octanol–water partition coefficient (Wildman–Crippen LogP) is -3.12. The third kappa shape index (κ3) is 4.08. The monoisotopic (exact) mass is 213 g/mol. The third-order valence-corrected chi connectivity index (χ3v) is 3.18. The van der Waals surface area contributed by atoms with Crippen LogP contribution in [0.15, 0.2) is 0 Å². The van der Waals surface area contributed by atoms with Gasteiger partial charge in [0.2, 0.25) is 5.91 Å². The molecule has 1 atom stereocenters. The molecule has 1 amide bonds. The number of nitrogens with zero attached hydrogens (tertiary/aromatic N) is 1. The van der Waals surface area contributed by atoms with Crippen molar-refractivity contribution in [2.24, 2.45) is 0 Å². The standard InChI is InChI=1S/C7H13NO3S.Na/c1-6(9)8-4-2-7(3-5-8)12(10)11;/h7H,2-5H2,1H3,(H,10,11);/q;+1/p-1. The van der Waals surface area contributed by atoms with Crippen molar-refractivity contribution in [1.82, 2.24) is 4.90 Å². The van der Waals surface area contributed by atoms with Gasteiger partial charge in [0.1, 0.15) is 0 Å². The SMILES string of the molecule is CC(=O)N1CCC(S(=O)[O-])CC1.[Na+]. The first-order valence-corrected chi connectivity index (χ1v) is 5.08. The minimum absolute atomic E-state index is 0. The molecule has 0 aromatic carbocycles. The molecule has 0 spiro atoms. The Morgan fingerprint density at radius 3 is 2.23 bits per heavy atom. The van der Waals surface area contributed by atoms with E-state index in [0.717, 1.165) is 0 Å². The molecule has 0 aromatic heterocycles. The average Bonchev–Trinajstić information content (AvgIpc) is 2.04. The van der Waals surface area contributed by atoms with E-state index in [1.165, 1.54) is 6.92 Å². The van der Waals surface area contributed by atoms with Gasteiger partial charge in [-0.25, -0.2) is 0 Å². The summed E-state index contributed by atoms with van der Waals surface area (Å²) < 4.78 is 21.1. The summed E-state index contributed by atoms with van der Waals surface area (Å²) in [6.45, 7) is 2.66. The van der Waals surface area contributed by atoms with E-state index < -0.39 is 11.1 Å². The fourth-order valence-corrected chi connectivity index (χ4v) is 1.96. The average molecular weight is 213 g/mol. The van der Waals surface area contributed by atoms with Gasteiger partial charge in [0.25, 0.3) is 0 Å². The van der Waals surface area contributed by atoms with Crippen molar-refractivity contribution in [2.45, 2.75) is 25.0 Å². The van der Waals surface area contributed by atoms with Crippen LogP contribution < -0.4 is 29.6 Å². The van der Waals surface area contributed by atoms with Crippen LogP contribution in [0.1, 0.15) is 19.8 Å². The Kier molecular flexibility index (Phi) is 6.41. The summed E-state index contributed by atoms with van der Waals surface area (Å²) in [5.41, 5.74) is 0. The topological polar surface area (TPSA) is 60.4 Å². The van der Waals surface area contributed by atoms with E-state index in [1.807, 2.05) is 0 Å². The van der Waals surface area contributed by atoms with E-state index in [4.69, 9.17) is 0 Å². The first kappa shape index (κ1) is 13.6. The summed E-state index contributed by atoms with van der Waals surface area (Å²) in [4.78, 5) is 12.5. The second-order valence-corrected chi connectivity index (χ2v) is 4.15. The summed E-state index contributed by atoms with van der Waals surface area (Å²) in [6, 6.07) is 0. The zero-order valence-electron chi connectivity index (χ0n) is 7.99. The van der Waals surface area contributed by atoms with Crippen LogP contribution in [-0.2, 0) is 15.9 Å². The maximum Gasteiger partial charge on any atom is 1.00 e. The Hall–Kier alpha value is 0.580.